The van der Waals surface area contributed by atoms with Gasteiger partial charge in [-0.3, -0.25) is 0 Å². The minimum absolute atomic E-state index is 0.315. The zero-order valence-corrected chi connectivity index (χ0v) is 11.3. The van der Waals surface area contributed by atoms with Crippen molar-refractivity contribution >= 4 is 0 Å². The Balaban J connectivity index is 2.88. The highest BCUT2D eigenvalue weighted by atomic mass is 16.5. The van der Waals surface area contributed by atoms with Gasteiger partial charge in [-0.25, -0.2) is 0 Å². The molecule has 1 N–H and O–H groups in total. The first-order valence-electron chi connectivity index (χ1n) is 6.67. The van der Waals surface area contributed by atoms with Crippen molar-refractivity contribution in [2.45, 2.75) is 52.6 Å². The molecule has 0 aromatic rings. The van der Waals surface area contributed by atoms with Crippen LogP contribution < -0.4 is 5.32 Å². The lowest BCUT2D eigenvalue weighted by molar-refractivity contribution is 0.0186. The molecule has 0 aliphatic carbocycles. The molecule has 0 aromatic heterocycles. The molecule has 98 valence electrons. The van der Waals surface area contributed by atoms with Crippen molar-refractivity contribution in [2.75, 3.05) is 32.9 Å². The molecule has 0 spiro atoms. The molecule has 0 amide bonds. The van der Waals surface area contributed by atoms with Crippen LogP contribution in [0.3, 0.4) is 0 Å². The molecule has 3 heteroatoms. The fourth-order valence-electron chi connectivity index (χ4n) is 1.43. The summed E-state index contributed by atoms with van der Waals surface area (Å²) in [5.74, 6) is 0. The lowest BCUT2D eigenvalue weighted by atomic mass is 10.2. The molecule has 0 bridgehead atoms. The Morgan fingerprint density at radius 1 is 0.938 bits per heavy atom. The van der Waals surface area contributed by atoms with E-state index in [4.69, 9.17) is 9.47 Å². The SMILES string of the molecule is CCNCCCCCCOCCOC(C)C. The van der Waals surface area contributed by atoms with Crippen molar-refractivity contribution in [1.29, 1.82) is 0 Å². The predicted octanol–water partition coefficient (Wildman–Crippen LogP) is 2.60. The minimum Gasteiger partial charge on any atom is -0.379 e. The first-order chi connectivity index (χ1) is 7.77. The van der Waals surface area contributed by atoms with Crippen molar-refractivity contribution in [1.82, 2.24) is 5.32 Å². The highest BCUT2D eigenvalue weighted by molar-refractivity contribution is 4.47. The average Bonchev–Trinajstić information content (AvgIpc) is 2.25. The number of rotatable bonds is 12. The lowest BCUT2D eigenvalue weighted by Crippen LogP contribution is -2.13. The molecule has 0 heterocycles. The fourth-order valence-corrected chi connectivity index (χ4v) is 1.43. The molecular weight excluding hydrogens is 202 g/mol. The van der Waals surface area contributed by atoms with Crippen LogP contribution in [0.25, 0.3) is 0 Å². The maximum Gasteiger partial charge on any atom is 0.0703 e. The van der Waals surface area contributed by atoms with E-state index in [2.05, 4.69) is 12.2 Å². The average molecular weight is 231 g/mol. The van der Waals surface area contributed by atoms with Crippen LogP contribution in [0.4, 0.5) is 0 Å². The van der Waals surface area contributed by atoms with E-state index in [1.807, 2.05) is 13.8 Å². The van der Waals surface area contributed by atoms with Crippen LogP contribution >= 0.6 is 0 Å². The van der Waals surface area contributed by atoms with Crippen molar-refractivity contribution in [3.63, 3.8) is 0 Å². The van der Waals surface area contributed by atoms with Gasteiger partial charge >= 0.3 is 0 Å². The highest BCUT2D eigenvalue weighted by Gasteiger charge is 1.94. The lowest BCUT2D eigenvalue weighted by Gasteiger charge is -2.08. The normalized spacial score (nSPS) is 11.2. The molecule has 0 radical (unpaired) electrons. The Labute approximate surface area is 101 Å². The van der Waals surface area contributed by atoms with E-state index in [1.54, 1.807) is 0 Å². The maximum absolute atomic E-state index is 5.47. The zero-order valence-electron chi connectivity index (χ0n) is 11.3. The summed E-state index contributed by atoms with van der Waals surface area (Å²) in [7, 11) is 0. The largest absolute Gasteiger partial charge is 0.379 e. The molecular formula is C13H29NO2. The van der Waals surface area contributed by atoms with Gasteiger partial charge in [-0.15, -0.1) is 0 Å². The van der Waals surface area contributed by atoms with Gasteiger partial charge in [0.1, 0.15) is 0 Å². The van der Waals surface area contributed by atoms with E-state index < -0.39 is 0 Å². The van der Waals surface area contributed by atoms with Crippen LogP contribution in [0.5, 0.6) is 0 Å². The summed E-state index contributed by atoms with van der Waals surface area (Å²) in [6, 6.07) is 0. The van der Waals surface area contributed by atoms with Gasteiger partial charge in [-0.1, -0.05) is 19.8 Å². The molecule has 0 aliphatic heterocycles. The fraction of sp³-hybridized carbons (Fsp3) is 1.00. The molecule has 0 aliphatic rings. The number of ether oxygens (including phenoxy) is 2. The maximum atomic E-state index is 5.47. The third kappa shape index (κ3) is 13.9. The van der Waals surface area contributed by atoms with Crippen LogP contribution in [0, 0.1) is 0 Å². The standard InChI is InChI=1S/C13H29NO2/c1-4-14-9-7-5-6-8-10-15-11-12-16-13(2)3/h13-14H,4-12H2,1-3H3. The van der Waals surface area contributed by atoms with Gasteiger partial charge in [0.2, 0.25) is 0 Å². The second-order valence-electron chi connectivity index (χ2n) is 4.30. The predicted molar refractivity (Wildman–Crippen MR) is 68.9 cm³/mol. The van der Waals surface area contributed by atoms with Gasteiger partial charge in [-0.2, -0.15) is 0 Å². The molecule has 0 saturated heterocycles. The van der Waals surface area contributed by atoms with E-state index >= 15 is 0 Å². The van der Waals surface area contributed by atoms with Crippen LogP contribution in [-0.2, 0) is 9.47 Å². The topological polar surface area (TPSA) is 30.5 Å². The van der Waals surface area contributed by atoms with E-state index in [0.717, 1.165) is 32.9 Å². The first-order valence-corrected chi connectivity index (χ1v) is 6.67. The van der Waals surface area contributed by atoms with Crippen molar-refractivity contribution < 1.29 is 9.47 Å². The Morgan fingerprint density at radius 3 is 2.38 bits per heavy atom. The summed E-state index contributed by atoms with van der Waals surface area (Å²) in [5, 5.41) is 3.33. The highest BCUT2D eigenvalue weighted by Crippen LogP contribution is 1.99. The van der Waals surface area contributed by atoms with Gasteiger partial charge in [0.25, 0.3) is 0 Å². The summed E-state index contributed by atoms with van der Waals surface area (Å²) in [4.78, 5) is 0. The summed E-state index contributed by atoms with van der Waals surface area (Å²) in [5.41, 5.74) is 0. The first kappa shape index (κ1) is 15.9. The molecule has 3 nitrogen and oxygen atoms in total. The van der Waals surface area contributed by atoms with E-state index in [9.17, 15) is 0 Å². The van der Waals surface area contributed by atoms with Gasteiger partial charge < -0.3 is 14.8 Å². The monoisotopic (exact) mass is 231 g/mol. The number of unbranched alkanes of at least 4 members (excludes halogenated alkanes) is 3. The summed E-state index contributed by atoms with van der Waals surface area (Å²) < 4.78 is 10.9. The second-order valence-corrected chi connectivity index (χ2v) is 4.30. The number of nitrogens with one attached hydrogen (secondary N) is 1. The van der Waals surface area contributed by atoms with E-state index in [1.165, 1.54) is 25.7 Å². The van der Waals surface area contributed by atoms with Gasteiger partial charge in [0.15, 0.2) is 0 Å². The Hall–Kier alpha value is -0.120. The number of hydrogen-bond donors (Lipinski definition) is 1. The van der Waals surface area contributed by atoms with Crippen molar-refractivity contribution in [2.24, 2.45) is 0 Å². The Morgan fingerprint density at radius 2 is 1.69 bits per heavy atom. The quantitative estimate of drug-likeness (QED) is 0.524. The smallest absolute Gasteiger partial charge is 0.0703 e. The van der Waals surface area contributed by atoms with Crippen LogP contribution in [0.15, 0.2) is 0 Å². The van der Waals surface area contributed by atoms with Crippen molar-refractivity contribution in [3.05, 3.63) is 0 Å². The third-order valence-corrected chi connectivity index (χ3v) is 2.32. The molecule has 0 fully saturated rings. The van der Waals surface area contributed by atoms with Gasteiger partial charge in [0, 0.05) is 6.61 Å². The molecule has 16 heavy (non-hydrogen) atoms. The van der Waals surface area contributed by atoms with Gasteiger partial charge in [-0.05, 0) is 39.8 Å². The molecule has 0 unspecified atom stereocenters. The van der Waals surface area contributed by atoms with Crippen LogP contribution in [0.1, 0.15) is 46.5 Å². The number of hydrogen-bond acceptors (Lipinski definition) is 3. The minimum atomic E-state index is 0.315. The summed E-state index contributed by atoms with van der Waals surface area (Å²) in [6.07, 6.45) is 5.35. The Bertz CT molecular complexity index is 129. The zero-order chi connectivity index (χ0) is 12.1. The molecule has 0 aromatic carbocycles. The third-order valence-electron chi connectivity index (χ3n) is 2.32. The molecule has 0 rings (SSSR count). The van der Waals surface area contributed by atoms with Crippen LogP contribution in [0.2, 0.25) is 0 Å². The second kappa shape index (κ2) is 12.9. The van der Waals surface area contributed by atoms with Gasteiger partial charge in [0.05, 0.1) is 19.3 Å². The van der Waals surface area contributed by atoms with Crippen molar-refractivity contribution in [3.8, 4) is 0 Å². The van der Waals surface area contributed by atoms with E-state index in [0.29, 0.717) is 6.10 Å². The Kier molecular flexibility index (Phi) is 12.9. The molecule has 0 saturated carbocycles. The van der Waals surface area contributed by atoms with E-state index in [-0.39, 0.29) is 0 Å². The summed E-state index contributed by atoms with van der Waals surface area (Å²) >= 11 is 0. The molecule has 0 atom stereocenters. The van der Waals surface area contributed by atoms with Crippen LogP contribution in [-0.4, -0.2) is 39.0 Å². The summed E-state index contributed by atoms with van der Waals surface area (Å²) in [6.45, 7) is 10.8.